The molecule has 4 saturated carbocycles. The zero-order chi connectivity index (χ0) is 14.6. The number of ether oxygens (including phenoxy) is 1. The Labute approximate surface area is 125 Å². The highest BCUT2D eigenvalue weighted by Crippen LogP contribution is 2.61. The fourth-order valence-electron chi connectivity index (χ4n) is 5.67. The summed E-state index contributed by atoms with van der Waals surface area (Å²) in [6.07, 6.45) is 7.80. The van der Waals surface area contributed by atoms with Crippen molar-refractivity contribution in [2.24, 2.45) is 17.8 Å². The molecule has 5 rings (SSSR count). The lowest BCUT2D eigenvalue weighted by molar-refractivity contribution is -0.00615. The zero-order valence-electron chi connectivity index (χ0n) is 12.5. The summed E-state index contributed by atoms with van der Waals surface area (Å²) in [6, 6.07) is 5.36. The summed E-state index contributed by atoms with van der Waals surface area (Å²) in [7, 11) is 1.37. The number of aromatic hydroxyl groups is 1. The fourth-order valence-corrected chi connectivity index (χ4v) is 5.67. The highest BCUT2D eigenvalue weighted by atomic mass is 16.5. The molecule has 0 amide bonds. The largest absolute Gasteiger partial charge is 0.508 e. The Morgan fingerprint density at radius 3 is 2.19 bits per heavy atom. The maximum absolute atomic E-state index is 11.6. The van der Waals surface area contributed by atoms with Gasteiger partial charge in [-0.1, -0.05) is 6.07 Å². The van der Waals surface area contributed by atoms with Crippen molar-refractivity contribution >= 4 is 5.97 Å². The van der Waals surface area contributed by atoms with Crippen LogP contribution in [0.15, 0.2) is 18.2 Å². The molecule has 0 heterocycles. The number of phenols is 1. The number of rotatable bonds is 2. The summed E-state index contributed by atoms with van der Waals surface area (Å²) >= 11 is 0. The Hall–Kier alpha value is -1.51. The second kappa shape index (κ2) is 4.49. The molecule has 0 atom stereocenters. The third kappa shape index (κ3) is 1.97. The molecule has 4 aliphatic rings. The van der Waals surface area contributed by atoms with Crippen molar-refractivity contribution in [1.82, 2.24) is 0 Å². The lowest BCUT2D eigenvalue weighted by Crippen LogP contribution is -2.48. The molecule has 0 radical (unpaired) electrons. The smallest absolute Gasteiger partial charge is 0.337 e. The van der Waals surface area contributed by atoms with Gasteiger partial charge in [-0.3, -0.25) is 0 Å². The van der Waals surface area contributed by atoms with E-state index in [1.54, 1.807) is 12.1 Å². The maximum Gasteiger partial charge on any atom is 0.337 e. The van der Waals surface area contributed by atoms with Crippen molar-refractivity contribution in [2.45, 2.75) is 43.9 Å². The van der Waals surface area contributed by atoms with Gasteiger partial charge in [0.15, 0.2) is 0 Å². The SMILES string of the molecule is COC(=O)c1ccc(C23CC4CC(CC(C4)C2)C3)c(O)c1. The van der Waals surface area contributed by atoms with E-state index in [1.165, 1.54) is 45.6 Å². The predicted octanol–water partition coefficient (Wildman–Crippen LogP) is 3.65. The van der Waals surface area contributed by atoms with E-state index in [4.69, 9.17) is 4.74 Å². The molecule has 1 N–H and O–H groups in total. The third-order valence-corrected chi connectivity index (χ3v) is 6.03. The van der Waals surface area contributed by atoms with Crippen molar-refractivity contribution in [2.75, 3.05) is 7.11 Å². The van der Waals surface area contributed by atoms with E-state index >= 15 is 0 Å². The number of carbonyl (C=O) groups is 1. The highest BCUT2D eigenvalue weighted by Gasteiger charge is 2.52. The monoisotopic (exact) mass is 286 g/mol. The second-order valence-corrected chi connectivity index (χ2v) is 7.42. The quantitative estimate of drug-likeness (QED) is 0.844. The van der Waals surface area contributed by atoms with Gasteiger partial charge in [-0.2, -0.15) is 0 Å². The van der Waals surface area contributed by atoms with Crippen LogP contribution in [0.3, 0.4) is 0 Å². The van der Waals surface area contributed by atoms with Gasteiger partial charge in [0, 0.05) is 5.56 Å². The van der Waals surface area contributed by atoms with Crippen LogP contribution < -0.4 is 0 Å². The molecule has 1 aromatic rings. The molecule has 0 aliphatic heterocycles. The fraction of sp³-hybridized carbons (Fsp3) is 0.611. The van der Waals surface area contributed by atoms with Crippen molar-refractivity contribution in [1.29, 1.82) is 0 Å². The van der Waals surface area contributed by atoms with Gasteiger partial charge in [0.05, 0.1) is 12.7 Å². The third-order valence-electron chi connectivity index (χ3n) is 6.03. The van der Waals surface area contributed by atoms with E-state index in [1.807, 2.05) is 6.07 Å². The van der Waals surface area contributed by atoms with Gasteiger partial charge in [0.1, 0.15) is 5.75 Å². The molecule has 4 bridgehead atoms. The Balaban J connectivity index is 1.71. The molecule has 112 valence electrons. The maximum atomic E-state index is 11.6. The lowest BCUT2D eigenvalue weighted by atomic mass is 9.48. The highest BCUT2D eigenvalue weighted by molar-refractivity contribution is 5.90. The van der Waals surface area contributed by atoms with E-state index in [2.05, 4.69) is 0 Å². The van der Waals surface area contributed by atoms with E-state index in [-0.39, 0.29) is 17.1 Å². The minimum absolute atomic E-state index is 0.160. The van der Waals surface area contributed by atoms with E-state index in [9.17, 15) is 9.90 Å². The molecule has 0 aromatic heterocycles. The van der Waals surface area contributed by atoms with Crippen LogP contribution >= 0.6 is 0 Å². The molecule has 4 aliphatic carbocycles. The summed E-state index contributed by atoms with van der Waals surface area (Å²) in [5.74, 6) is 2.42. The summed E-state index contributed by atoms with van der Waals surface area (Å²) in [6.45, 7) is 0. The number of hydrogen-bond donors (Lipinski definition) is 1. The number of esters is 1. The van der Waals surface area contributed by atoms with Gasteiger partial charge in [-0.25, -0.2) is 4.79 Å². The number of phenolic OH excluding ortho intramolecular Hbond substituents is 1. The van der Waals surface area contributed by atoms with Crippen molar-refractivity contribution in [3.63, 3.8) is 0 Å². The second-order valence-electron chi connectivity index (χ2n) is 7.42. The van der Waals surface area contributed by atoms with Gasteiger partial charge < -0.3 is 9.84 Å². The van der Waals surface area contributed by atoms with Crippen LogP contribution in [0.2, 0.25) is 0 Å². The molecular formula is C18H22O3. The Bertz CT molecular complexity index is 555. The van der Waals surface area contributed by atoms with Crippen molar-refractivity contribution in [3.8, 4) is 5.75 Å². The number of carbonyl (C=O) groups excluding carboxylic acids is 1. The van der Waals surface area contributed by atoms with Gasteiger partial charge >= 0.3 is 5.97 Å². The standard InChI is InChI=1S/C18H22O3/c1-21-17(20)14-2-3-15(16(19)7-14)18-8-11-4-12(9-18)6-13(5-11)10-18/h2-3,7,11-13,19H,4-6,8-10H2,1H3. The molecule has 1 aromatic carbocycles. The first-order valence-electron chi connectivity index (χ1n) is 8.01. The van der Waals surface area contributed by atoms with Crippen LogP contribution in [0, 0.1) is 17.8 Å². The summed E-state index contributed by atoms with van der Waals surface area (Å²) < 4.78 is 4.73. The van der Waals surface area contributed by atoms with Crippen LogP contribution in [0.25, 0.3) is 0 Å². The minimum atomic E-state index is -0.387. The van der Waals surface area contributed by atoms with E-state index in [0.29, 0.717) is 5.56 Å². The number of hydrogen-bond acceptors (Lipinski definition) is 3. The summed E-state index contributed by atoms with van der Waals surface area (Å²) in [5, 5.41) is 10.5. The Morgan fingerprint density at radius 2 is 1.71 bits per heavy atom. The van der Waals surface area contributed by atoms with Gasteiger partial charge in [0.2, 0.25) is 0 Å². The van der Waals surface area contributed by atoms with Crippen LogP contribution in [-0.4, -0.2) is 18.2 Å². The van der Waals surface area contributed by atoms with Crippen LogP contribution in [0.4, 0.5) is 0 Å². The average molecular weight is 286 g/mol. The number of methoxy groups -OCH3 is 1. The molecular weight excluding hydrogens is 264 g/mol. The Kier molecular flexibility index (Phi) is 2.82. The lowest BCUT2D eigenvalue weighted by Gasteiger charge is -2.57. The molecule has 0 saturated heterocycles. The zero-order valence-corrected chi connectivity index (χ0v) is 12.5. The Morgan fingerprint density at radius 1 is 1.14 bits per heavy atom. The first-order chi connectivity index (χ1) is 10.1. The number of benzene rings is 1. The van der Waals surface area contributed by atoms with Gasteiger partial charge in [0.25, 0.3) is 0 Å². The van der Waals surface area contributed by atoms with Gasteiger partial charge in [-0.15, -0.1) is 0 Å². The first kappa shape index (κ1) is 13.2. The topological polar surface area (TPSA) is 46.5 Å². The van der Waals surface area contributed by atoms with Gasteiger partial charge in [-0.05, 0) is 73.8 Å². The van der Waals surface area contributed by atoms with Crippen LogP contribution in [0.5, 0.6) is 5.75 Å². The van der Waals surface area contributed by atoms with Crippen LogP contribution in [0.1, 0.15) is 54.4 Å². The van der Waals surface area contributed by atoms with Crippen LogP contribution in [-0.2, 0) is 10.2 Å². The summed E-state index contributed by atoms with van der Waals surface area (Å²) in [5.41, 5.74) is 1.66. The normalized spacial score (nSPS) is 36.7. The first-order valence-corrected chi connectivity index (χ1v) is 8.01. The molecule has 21 heavy (non-hydrogen) atoms. The van der Waals surface area contributed by atoms with E-state index < -0.39 is 0 Å². The van der Waals surface area contributed by atoms with Crippen molar-refractivity contribution in [3.05, 3.63) is 29.3 Å². The molecule has 3 heteroatoms. The molecule has 0 spiro atoms. The minimum Gasteiger partial charge on any atom is -0.508 e. The predicted molar refractivity (Wildman–Crippen MR) is 79.3 cm³/mol. The summed E-state index contributed by atoms with van der Waals surface area (Å²) in [4.78, 5) is 11.6. The van der Waals surface area contributed by atoms with E-state index in [0.717, 1.165) is 23.3 Å². The molecule has 4 fully saturated rings. The van der Waals surface area contributed by atoms with Crippen molar-refractivity contribution < 1.29 is 14.6 Å². The average Bonchev–Trinajstić information content (AvgIpc) is 2.44. The molecule has 0 unspecified atom stereocenters. The molecule has 3 nitrogen and oxygen atoms in total.